The lowest BCUT2D eigenvalue weighted by atomic mass is 10.0. The number of thioether (sulfide) groups is 1. The zero-order chi connectivity index (χ0) is 15.0. The topological polar surface area (TPSA) is 58.2 Å². The number of carbonyl (C=O) groups is 2. The first kappa shape index (κ1) is 16.6. The fraction of sp³-hybridized carbons (Fsp3) is 0.467. The molecule has 2 amide bonds. The average molecular weight is 294 g/mol. The molecule has 0 aromatic heterocycles. The molecule has 0 fully saturated rings. The molecule has 1 unspecified atom stereocenters. The number of benzene rings is 1. The van der Waals surface area contributed by atoms with E-state index >= 15 is 0 Å². The number of rotatable bonds is 7. The molecule has 110 valence electrons. The van der Waals surface area contributed by atoms with Crippen molar-refractivity contribution in [2.45, 2.75) is 31.7 Å². The summed E-state index contributed by atoms with van der Waals surface area (Å²) in [5.74, 6) is 0.572. The van der Waals surface area contributed by atoms with Crippen molar-refractivity contribution in [2.24, 2.45) is 5.92 Å². The molecule has 0 bridgehead atoms. The minimum atomic E-state index is -0.464. The summed E-state index contributed by atoms with van der Waals surface area (Å²) in [4.78, 5) is 24.3. The van der Waals surface area contributed by atoms with Crippen LogP contribution in [0.3, 0.4) is 0 Å². The number of hydrogen-bond acceptors (Lipinski definition) is 3. The minimum Gasteiger partial charge on any atom is -0.353 e. The lowest BCUT2D eigenvalue weighted by molar-refractivity contribution is -0.129. The zero-order valence-electron chi connectivity index (χ0n) is 12.2. The second kappa shape index (κ2) is 8.64. The van der Waals surface area contributed by atoms with Crippen molar-refractivity contribution in [3.63, 3.8) is 0 Å². The lowest BCUT2D eigenvalue weighted by Gasteiger charge is -2.20. The summed E-state index contributed by atoms with van der Waals surface area (Å²) in [5.41, 5.74) is 0. The van der Waals surface area contributed by atoms with Gasteiger partial charge in [0.1, 0.15) is 6.04 Å². The normalized spacial score (nSPS) is 12.0. The van der Waals surface area contributed by atoms with Gasteiger partial charge in [0.2, 0.25) is 11.8 Å². The fourth-order valence-corrected chi connectivity index (χ4v) is 2.51. The van der Waals surface area contributed by atoms with E-state index in [0.29, 0.717) is 6.54 Å². The molecule has 5 heteroatoms. The molecule has 0 aliphatic rings. The van der Waals surface area contributed by atoms with Crippen LogP contribution in [0.1, 0.15) is 20.8 Å². The SMILES string of the molecule is CC(=O)NC(C(=O)NCCSc1ccccc1)C(C)C. The molecule has 1 aromatic carbocycles. The van der Waals surface area contributed by atoms with E-state index in [1.807, 2.05) is 44.2 Å². The van der Waals surface area contributed by atoms with Crippen LogP contribution in [0, 0.1) is 5.92 Å². The molecule has 0 spiro atoms. The van der Waals surface area contributed by atoms with Gasteiger partial charge in [0, 0.05) is 24.1 Å². The highest BCUT2D eigenvalue weighted by atomic mass is 32.2. The van der Waals surface area contributed by atoms with E-state index in [2.05, 4.69) is 10.6 Å². The summed E-state index contributed by atoms with van der Waals surface area (Å²) < 4.78 is 0. The van der Waals surface area contributed by atoms with Crippen molar-refractivity contribution in [3.8, 4) is 0 Å². The maximum Gasteiger partial charge on any atom is 0.242 e. The minimum absolute atomic E-state index is 0.0701. The molecule has 1 aromatic rings. The van der Waals surface area contributed by atoms with E-state index in [-0.39, 0.29) is 17.7 Å². The number of nitrogens with one attached hydrogen (secondary N) is 2. The number of hydrogen-bond donors (Lipinski definition) is 2. The van der Waals surface area contributed by atoms with E-state index < -0.39 is 6.04 Å². The van der Waals surface area contributed by atoms with Crippen LogP contribution >= 0.6 is 11.8 Å². The smallest absolute Gasteiger partial charge is 0.242 e. The van der Waals surface area contributed by atoms with Gasteiger partial charge in [-0.15, -0.1) is 11.8 Å². The Kier molecular flexibility index (Phi) is 7.15. The Morgan fingerprint density at radius 3 is 2.40 bits per heavy atom. The van der Waals surface area contributed by atoms with Crippen molar-refractivity contribution < 1.29 is 9.59 Å². The van der Waals surface area contributed by atoms with Crippen LogP contribution in [0.15, 0.2) is 35.2 Å². The second-order valence-electron chi connectivity index (χ2n) is 4.87. The molecule has 20 heavy (non-hydrogen) atoms. The molecule has 0 aliphatic carbocycles. The van der Waals surface area contributed by atoms with Crippen LogP contribution in [0.5, 0.6) is 0 Å². The molecule has 4 nitrogen and oxygen atoms in total. The van der Waals surface area contributed by atoms with Crippen molar-refractivity contribution in [1.82, 2.24) is 10.6 Å². The molecule has 0 saturated heterocycles. The van der Waals surface area contributed by atoms with Gasteiger partial charge in [-0.2, -0.15) is 0 Å². The molecule has 0 saturated carbocycles. The molecular formula is C15H22N2O2S. The highest BCUT2D eigenvalue weighted by molar-refractivity contribution is 7.99. The first-order valence-electron chi connectivity index (χ1n) is 6.73. The Balaban J connectivity index is 2.32. The predicted molar refractivity (Wildman–Crippen MR) is 82.6 cm³/mol. The summed E-state index contributed by atoms with van der Waals surface area (Å²) in [7, 11) is 0. The van der Waals surface area contributed by atoms with Gasteiger partial charge in [0.25, 0.3) is 0 Å². The third-order valence-corrected chi connectivity index (χ3v) is 3.73. The van der Waals surface area contributed by atoms with Crippen LogP contribution in [0.25, 0.3) is 0 Å². The highest BCUT2D eigenvalue weighted by Crippen LogP contribution is 2.15. The fourth-order valence-electron chi connectivity index (χ4n) is 1.72. The molecular weight excluding hydrogens is 272 g/mol. The third kappa shape index (κ3) is 6.10. The summed E-state index contributed by atoms with van der Waals surface area (Å²) in [5, 5.41) is 5.55. The van der Waals surface area contributed by atoms with Gasteiger partial charge in [-0.25, -0.2) is 0 Å². The van der Waals surface area contributed by atoms with Gasteiger partial charge < -0.3 is 10.6 Å². The van der Waals surface area contributed by atoms with Crippen LogP contribution in [-0.2, 0) is 9.59 Å². The average Bonchev–Trinajstić information content (AvgIpc) is 2.41. The summed E-state index contributed by atoms with van der Waals surface area (Å²) in [6, 6.07) is 9.58. The largest absolute Gasteiger partial charge is 0.353 e. The Morgan fingerprint density at radius 2 is 1.85 bits per heavy atom. The molecule has 2 N–H and O–H groups in total. The molecule has 0 aliphatic heterocycles. The van der Waals surface area contributed by atoms with E-state index in [0.717, 1.165) is 5.75 Å². The highest BCUT2D eigenvalue weighted by Gasteiger charge is 2.22. The van der Waals surface area contributed by atoms with Crippen molar-refractivity contribution in [3.05, 3.63) is 30.3 Å². The third-order valence-electron chi connectivity index (χ3n) is 2.72. The second-order valence-corrected chi connectivity index (χ2v) is 6.04. The first-order valence-corrected chi connectivity index (χ1v) is 7.72. The maximum atomic E-state index is 12.0. The Labute approximate surface area is 124 Å². The van der Waals surface area contributed by atoms with Crippen molar-refractivity contribution in [2.75, 3.05) is 12.3 Å². The Morgan fingerprint density at radius 1 is 1.20 bits per heavy atom. The number of amides is 2. The van der Waals surface area contributed by atoms with Gasteiger partial charge in [0.05, 0.1) is 0 Å². The van der Waals surface area contributed by atoms with Gasteiger partial charge >= 0.3 is 0 Å². The van der Waals surface area contributed by atoms with Crippen LogP contribution < -0.4 is 10.6 Å². The van der Waals surface area contributed by atoms with E-state index in [1.54, 1.807) is 11.8 Å². The first-order chi connectivity index (χ1) is 9.50. The van der Waals surface area contributed by atoms with Crippen molar-refractivity contribution >= 4 is 23.6 Å². The van der Waals surface area contributed by atoms with Gasteiger partial charge in [-0.3, -0.25) is 9.59 Å². The summed E-state index contributed by atoms with van der Waals surface area (Å²) >= 11 is 1.69. The molecule has 0 radical (unpaired) electrons. The van der Waals surface area contributed by atoms with Crippen LogP contribution in [0.2, 0.25) is 0 Å². The van der Waals surface area contributed by atoms with Crippen LogP contribution in [-0.4, -0.2) is 30.2 Å². The molecule has 1 atom stereocenters. The number of carbonyl (C=O) groups excluding carboxylic acids is 2. The summed E-state index contributed by atoms with van der Waals surface area (Å²) in [6.45, 7) is 5.84. The standard InChI is InChI=1S/C15H22N2O2S/c1-11(2)14(17-12(3)18)15(19)16-9-10-20-13-7-5-4-6-8-13/h4-8,11,14H,9-10H2,1-3H3,(H,16,19)(H,17,18). The maximum absolute atomic E-state index is 12.0. The summed E-state index contributed by atoms with van der Waals surface area (Å²) in [6.07, 6.45) is 0. The van der Waals surface area contributed by atoms with Gasteiger partial charge in [-0.1, -0.05) is 32.0 Å². The van der Waals surface area contributed by atoms with Crippen molar-refractivity contribution in [1.29, 1.82) is 0 Å². The quantitative estimate of drug-likeness (QED) is 0.598. The molecule has 0 heterocycles. The molecule has 1 rings (SSSR count). The lowest BCUT2D eigenvalue weighted by Crippen LogP contribution is -2.49. The van der Waals surface area contributed by atoms with Gasteiger partial charge in [-0.05, 0) is 18.1 Å². The zero-order valence-corrected chi connectivity index (χ0v) is 13.0. The monoisotopic (exact) mass is 294 g/mol. The van der Waals surface area contributed by atoms with E-state index in [4.69, 9.17) is 0 Å². The van der Waals surface area contributed by atoms with E-state index in [1.165, 1.54) is 11.8 Å². The Hall–Kier alpha value is -1.49. The van der Waals surface area contributed by atoms with Crippen LogP contribution in [0.4, 0.5) is 0 Å². The van der Waals surface area contributed by atoms with E-state index in [9.17, 15) is 9.59 Å². The van der Waals surface area contributed by atoms with Gasteiger partial charge in [0.15, 0.2) is 0 Å². The Bertz CT molecular complexity index is 435. The predicted octanol–water partition coefficient (Wildman–Crippen LogP) is 2.06.